The molecule has 0 spiro atoms. The Bertz CT molecular complexity index is 492. The fourth-order valence-electron chi connectivity index (χ4n) is 0.880. The summed E-state index contributed by atoms with van der Waals surface area (Å²) >= 11 is 0. The number of sulfonamides is 1. The molecule has 0 aliphatic heterocycles. The summed E-state index contributed by atoms with van der Waals surface area (Å²) in [7, 11) is -3.71. The molecule has 0 aliphatic carbocycles. The zero-order valence-electron chi connectivity index (χ0n) is 7.87. The van der Waals surface area contributed by atoms with Crippen LogP contribution in [-0.2, 0) is 10.0 Å². The Morgan fingerprint density at radius 2 is 1.94 bits per heavy atom. The van der Waals surface area contributed by atoms with E-state index in [1.54, 1.807) is 0 Å². The van der Waals surface area contributed by atoms with Crippen molar-refractivity contribution in [2.45, 2.75) is 0 Å². The predicted octanol–water partition coefficient (Wildman–Crippen LogP) is 0.199. The lowest BCUT2D eigenvalue weighted by molar-refractivity contribution is 0.466. The Hall–Kier alpha value is -1.35. The highest BCUT2D eigenvalue weighted by atomic mass is 32.2. The van der Waals surface area contributed by atoms with E-state index >= 15 is 0 Å². The van der Waals surface area contributed by atoms with Crippen LogP contribution in [0.1, 0.15) is 0 Å². The van der Waals surface area contributed by atoms with Crippen LogP contribution >= 0.6 is 0 Å². The number of aromatic nitrogens is 1. The van der Waals surface area contributed by atoms with Crippen LogP contribution in [0, 0.1) is 17.6 Å². The van der Waals surface area contributed by atoms with E-state index in [1.165, 1.54) is 0 Å². The highest BCUT2D eigenvalue weighted by Crippen LogP contribution is 2.13. The van der Waals surface area contributed by atoms with Crippen molar-refractivity contribution >= 4 is 15.8 Å². The van der Waals surface area contributed by atoms with E-state index in [-0.39, 0.29) is 6.54 Å². The third-order valence-electron chi connectivity index (χ3n) is 1.57. The highest BCUT2D eigenvalue weighted by Gasteiger charge is 2.11. The highest BCUT2D eigenvalue weighted by molar-refractivity contribution is 7.89. The van der Waals surface area contributed by atoms with Crippen molar-refractivity contribution in [3.63, 3.8) is 0 Å². The minimum atomic E-state index is -3.71. The van der Waals surface area contributed by atoms with Gasteiger partial charge in [-0.05, 0) is 0 Å². The van der Waals surface area contributed by atoms with Crippen LogP contribution in [0.5, 0.6) is 0 Å². The van der Waals surface area contributed by atoms with E-state index in [0.29, 0.717) is 6.07 Å². The Morgan fingerprint density at radius 3 is 2.50 bits per heavy atom. The van der Waals surface area contributed by atoms with E-state index in [0.717, 1.165) is 0 Å². The van der Waals surface area contributed by atoms with Gasteiger partial charge in [0.15, 0.2) is 17.5 Å². The molecular formula is C7H8F3N3O2S. The van der Waals surface area contributed by atoms with Crippen LogP contribution in [0.2, 0.25) is 0 Å². The lowest BCUT2D eigenvalue weighted by Gasteiger charge is -2.05. The molecule has 1 rings (SSSR count). The third kappa shape index (κ3) is 3.66. The summed E-state index contributed by atoms with van der Waals surface area (Å²) in [5.41, 5.74) is 0. The lowest BCUT2D eigenvalue weighted by Crippen LogP contribution is -2.23. The number of primary sulfonamides is 1. The number of halogens is 3. The van der Waals surface area contributed by atoms with E-state index in [4.69, 9.17) is 0 Å². The molecule has 5 nitrogen and oxygen atoms in total. The fourth-order valence-corrected chi connectivity index (χ4v) is 1.27. The average molecular weight is 255 g/mol. The van der Waals surface area contributed by atoms with Gasteiger partial charge < -0.3 is 5.32 Å². The second-order valence-corrected chi connectivity index (χ2v) is 4.62. The molecule has 0 unspecified atom stereocenters. The molecule has 9 heteroatoms. The maximum atomic E-state index is 12.9. The largest absolute Gasteiger partial charge is 0.366 e. The van der Waals surface area contributed by atoms with Crippen LogP contribution in [0.4, 0.5) is 19.0 Å². The van der Waals surface area contributed by atoms with Crippen LogP contribution in [0.25, 0.3) is 0 Å². The molecule has 1 aromatic heterocycles. The van der Waals surface area contributed by atoms with Gasteiger partial charge in [0, 0.05) is 12.6 Å². The summed E-state index contributed by atoms with van der Waals surface area (Å²) in [4.78, 5) is 2.93. The van der Waals surface area contributed by atoms with Crippen LogP contribution < -0.4 is 10.5 Å². The molecule has 0 bridgehead atoms. The predicted molar refractivity (Wildman–Crippen MR) is 50.6 cm³/mol. The van der Waals surface area contributed by atoms with Gasteiger partial charge in [0.2, 0.25) is 10.0 Å². The Morgan fingerprint density at radius 1 is 1.31 bits per heavy atom. The second kappa shape index (κ2) is 4.66. The number of rotatable bonds is 4. The van der Waals surface area contributed by atoms with Crippen molar-refractivity contribution in [3.8, 4) is 0 Å². The van der Waals surface area contributed by atoms with Crippen molar-refractivity contribution in [3.05, 3.63) is 23.6 Å². The Labute approximate surface area is 89.5 Å². The molecule has 3 N–H and O–H groups in total. The van der Waals surface area contributed by atoms with E-state index in [1.807, 2.05) is 0 Å². The fraction of sp³-hybridized carbons (Fsp3) is 0.286. The van der Waals surface area contributed by atoms with Crippen molar-refractivity contribution < 1.29 is 21.6 Å². The quantitative estimate of drug-likeness (QED) is 0.752. The molecule has 0 radical (unpaired) electrons. The molecule has 0 aliphatic rings. The molecule has 0 amide bonds. The van der Waals surface area contributed by atoms with Crippen LogP contribution in [0.3, 0.4) is 0 Å². The Kier molecular flexibility index (Phi) is 3.70. The van der Waals surface area contributed by atoms with Crippen molar-refractivity contribution in [2.75, 3.05) is 17.6 Å². The van der Waals surface area contributed by atoms with Gasteiger partial charge in [-0.25, -0.2) is 22.3 Å². The molecular weight excluding hydrogens is 247 g/mol. The number of nitrogens with two attached hydrogens (primary N) is 1. The first kappa shape index (κ1) is 12.7. The first-order chi connectivity index (χ1) is 7.29. The topological polar surface area (TPSA) is 85.1 Å². The molecule has 0 saturated carbocycles. The normalized spacial score (nSPS) is 11.5. The van der Waals surface area contributed by atoms with Gasteiger partial charge in [-0.1, -0.05) is 0 Å². The standard InChI is InChI=1S/C7H8F3N3O2S/c8-4-3-5(9)7(13-6(4)10)12-1-2-16(11,14)15/h3H,1-2H2,(H,12,13)(H2,11,14,15). The summed E-state index contributed by atoms with van der Waals surface area (Å²) in [5, 5.41) is 6.86. The van der Waals surface area contributed by atoms with E-state index in [2.05, 4.69) is 15.4 Å². The summed E-state index contributed by atoms with van der Waals surface area (Å²) in [5.74, 6) is -5.06. The molecule has 1 aromatic rings. The molecule has 16 heavy (non-hydrogen) atoms. The number of pyridine rings is 1. The van der Waals surface area contributed by atoms with Crippen LogP contribution in [0.15, 0.2) is 6.07 Å². The first-order valence-electron chi connectivity index (χ1n) is 4.05. The summed E-state index contributed by atoms with van der Waals surface area (Å²) in [6.07, 6.45) is 0. The van der Waals surface area contributed by atoms with Gasteiger partial charge in [0.25, 0.3) is 5.95 Å². The third-order valence-corrected chi connectivity index (χ3v) is 2.34. The van der Waals surface area contributed by atoms with Gasteiger partial charge in [0.1, 0.15) is 0 Å². The molecule has 90 valence electrons. The first-order valence-corrected chi connectivity index (χ1v) is 5.77. The van der Waals surface area contributed by atoms with Crippen molar-refractivity contribution in [1.82, 2.24) is 4.98 Å². The number of nitrogens with one attached hydrogen (secondary N) is 1. The van der Waals surface area contributed by atoms with Crippen molar-refractivity contribution in [2.24, 2.45) is 5.14 Å². The average Bonchev–Trinajstić information content (AvgIpc) is 2.11. The summed E-state index contributed by atoms with van der Waals surface area (Å²) in [6.45, 7) is -0.256. The maximum absolute atomic E-state index is 12.9. The SMILES string of the molecule is NS(=O)(=O)CCNc1nc(F)c(F)cc1F. The number of nitrogens with zero attached hydrogens (tertiary/aromatic N) is 1. The van der Waals surface area contributed by atoms with Gasteiger partial charge in [-0.2, -0.15) is 9.37 Å². The zero-order valence-corrected chi connectivity index (χ0v) is 8.69. The van der Waals surface area contributed by atoms with E-state index in [9.17, 15) is 21.6 Å². The number of hydrogen-bond donors (Lipinski definition) is 2. The van der Waals surface area contributed by atoms with Crippen LogP contribution in [-0.4, -0.2) is 25.7 Å². The maximum Gasteiger partial charge on any atom is 0.251 e. The lowest BCUT2D eigenvalue weighted by atomic mass is 10.4. The minimum Gasteiger partial charge on any atom is -0.366 e. The van der Waals surface area contributed by atoms with Gasteiger partial charge in [-0.15, -0.1) is 0 Å². The van der Waals surface area contributed by atoms with Crippen molar-refractivity contribution in [1.29, 1.82) is 0 Å². The summed E-state index contributed by atoms with van der Waals surface area (Å²) in [6, 6.07) is 0.307. The molecule has 0 aromatic carbocycles. The number of hydrogen-bond acceptors (Lipinski definition) is 4. The minimum absolute atomic E-state index is 0.256. The monoisotopic (exact) mass is 255 g/mol. The molecule has 0 atom stereocenters. The second-order valence-electron chi connectivity index (χ2n) is 2.89. The van der Waals surface area contributed by atoms with Gasteiger partial charge in [-0.3, -0.25) is 0 Å². The molecule has 1 heterocycles. The van der Waals surface area contributed by atoms with Gasteiger partial charge >= 0.3 is 0 Å². The molecule has 0 fully saturated rings. The van der Waals surface area contributed by atoms with E-state index < -0.39 is 39.2 Å². The summed E-state index contributed by atoms with van der Waals surface area (Å²) < 4.78 is 59.0. The Balaban J connectivity index is 2.71. The van der Waals surface area contributed by atoms with Gasteiger partial charge in [0.05, 0.1) is 5.75 Å². The zero-order chi connectivity index (χ0) is 12.3. The smallest absolute Gasteiger partial charge is 0.251 e. The number of anilines is 1. The molecule has 0 saturated heterocycles.